The van der Waals surface area contributed by atoms with Gasteiger partial charge in [-0.15, -0.1) is 0 Å². The van der Waals surface area contributed by atoms with Gasteiger partial charge in [-0.05, 0) is 49.6 Å². The lowest BCUT2D eigenvalue weighted by molar-refractivity contribution is 0.468. The lowest BCUT2D eigenvalue weighted by atomic mass is 9.91. The lowest BCUT2D eigenvalue weighted by Gasteiger charge is -2.40. The molecule has 0 bridgehead atoms. The maximum absolute atomic E-state index is 14.3. The first kappa shape index (κ1) is 19.5. The zero-order valence-corrected chi connectivity index (χ0v) is 16.3. The number of aliphatic imine (C=N–C) groups is 1. The molecule has 0 fully saturated rings. The first-order valence-electron chi connectivity index (χ1n) is 8.66. The van der Waals surface area contributed by atoms with Crippen LogP contribution in [0.25, 0.3) is 0 Å². The maximum atomic E-state index is 14.3. The van der Waals surface area contributed by atoms with Gasteiger partial charge < -0.3 is 5.73 Å². The highest BCUT2D eigenvalue weighted by Gasteiger charge is 2.53. The van der Waals surface area contributed by atoms with Gasteiger partial charge in [0, 0.05) is 5.56 Å². The van der Waals surface area contributed by atoms with E-state index in [0.717, 1.165) is 30.2 Å². The summed E-state index contributed by atoms with van der Waals surface area (Å²) in [4.78, 5) is 4.38. The summed E-state index contributed by atoms with van der Waals surface area (Å²) >= 11 is 0. The summed E-state index contributed by atoms with van der Waals surface area (Å²) in [6, 6.07) is 10.1. The molecule has 2 N–H and O–H groups in total. The number of benzene rings is 2. The van der Waals surface area contributed by atoms with E-state index in [0.29, 0.717) is 5.56 Å². The molecule has 0 aromatic heterocycles. The molecule has 2 aromatic carbocycles. The Morgan fingerprint density at radius 3 is 2.48 bits per heavy atom. The Bertz CT molecular complexity index is 1040. The summed E-state index contributed by atoms with van der Waals surface area (Å²) in [7, 11) is -3.88. The number of halogens is 2. The summed E-state index contributed by atoms with van der Waals surface area (Å²) in [6.45, 7) is 4.94. The number of nitrogens with zero attached hydrogens (tertiary/aromatic N) is 1. The van der Waals surface area contributed by atoms with E-state index >= 15 is 0 Å². The average Bonchev–Trinajstić information content (AvgIpc) is 2.61. The van der Waals surface area contributed by atoms with Gasteiger partial charge in [0.1, 0.15) is 23.0 Å². The molecule has 0 aliphatic carbocycles. The highest BCUT2D eigenvalue weighted by molar-refractivity contribution is 7.93. The van der Waals surface area contributed by atoms with E-state index in [1.807, 2.05) is 13.0 Å². The highest BCUT2D eigenvalue weighted by atomic mass is 32.2. The number of hydrogen-bond acceptors (Lipinski definition) is 4. The van der Waals surface area contributed by atoms with Crippen LogP contribution < -0.4 is 5.73 Å². The van der Waals surface area contributed by atoms with Crippen molar-refractivity contribution in [1.82, 2.24) is 0 Å². The Balaban J connectivity index is 2.22. The largest absolute Gasteiger partial charge is 0.386 e. The molecule has 1 aliphatic rings. The summed E-state index contributed by atoms with van der Waals surface area (Å²) in [5.74, 6) is -1.99. The molecule has 1 aliphatic heterocycles. The Labute approximate surface area is 158 Å². The van der Waals surface area contributed by atoms with E-state index in [1.165, 1.54) is 13.8 Å². The van der Waals surface area contributed by atoms with Crippen LogP contribution >= 0.6 is 0 Å². The number of rotatable bonds is 3. The van der Waals surface area contributed by atoms with Gasteiger partial charge in [0.05, 0.1) is 5.75 Å². The second-order valence-corrected chi connectivity index (χ2v) is 9.58. The van der Waals surface area contributed by atoms with Crippen LogP contribution in [0.4, 0.5) is 8.78 Å². The van der Waals surface area contributed by atoms with Crippen LogP contribution in [-0.4, -0.2) is 20.0 Å². The van der Waals surface area contributed by atoms with Crippen LogP contribution in [0.5, 0.6) is 0 Å². The number of hydrogen-bond donors (Lipinski definition) is 1. The Morgan fingerprint density at radius 1 is 1.15 bits per heavy atom. The van der Waals surface area contributed by atoms with Gasteiger partial charge in [0.15, 0.2) is 14.6 Å². The first-order chi connectivity index (χ1) is 12.5. The Kier molecular flexibility index (Phi) is 4.62. The smallest absolute Gasteiger partial charge is 0.169 e. The zero-order chi connectivity index (χ0) is 20.0. The van der Waals surface area contributed by atoms with Gasteiger partial charge in [0.2, 0.25) is 0 Å². The van der Waals surface area contributed by atoms with Crippen LogP contribution in [0.3, 0.4) is 0 Å². The van der Waals surface area contributed by atoms with Crippen molar-refractivity contribution >= 4 is 15.7 Å². The zero-order valence-electron chi connectivity index (χ0n) is 15.5. The van der Waals surface area contributed by atoms with Crippen LogP contribution in [0.15, 0.2) is 47.5 Å². The SMILES string of the molecule is CCc1cccc([C@]2(C)C(N)=N[C@](C)(c3cc(F)ccc3F)CS2(=O)=O)c1. The van der Waals surface area contributed by atoms with E-state index in [2.05, 4.69) is 4.99 Å². The fourth-order valence-electron chi connectivity index (χ4n) is 3.54. The minimum absolute atomic E-state index is 0.126. The first-order valence-corrected chi connectivity index (χ1v) is 10.3. The number of sulfone groups is 1. The van der Waals surface area contributed by atoms with E-state index < -0.39 is 37.5 Å². The quantitative estimate of drug-likeness (QED) is 0.870. The molecule has 2 atom stereocenters. The molecule has 0 saturated carbocycles. The highest BCUT2D eigenvalue weighted by Crippen LogP contribution is 2.42. The molecule has 0 unspecified atom stereocenters. The molecule has 0 saturated heterocycles. The van der Waals surface area contributed by atoms with Crippen molar-refractivity contribution in [1.29, 1.82) is 0 Å². The third-order valence-electron chi connectivity index (χ3n) is 5.34. The standard InChI is InChI=1S/C20H22F2N2O2S/c1-4-13-6-5-7-14(10-13)20(3)18(23)24-19(2,12-27(20,25)26)16-11-15(21)8-9-17(16)22/h5-11H,4,12H2,1-3H3,(H2,23,24)/t19-,20+/m0/s1. The molecular formula is C20H22F2N2O2S. The van der Waals surface area contributed by atoms with Crippen molar-refractivity contribution in [2.75, 3.05) is 5.75 Å². The average molecular weight is 392 g/mol. The normalized spacial score (nSPS) is 27.2. The number of amidine groups is 1. The molecule has 27 heavy (non-hydrogen) atoms. The molecule has 3 rings (SSSR count). The fourth-order valence-corrected chi connectivity index (χ4v) is 5.64. The molecule has 144 valence electrons. The van der Waals surface area contributed by atoms with Crippen molar-refractivity contribution in [3.63, 3.8) is 0 Å². The predicted molar refractivity (Wildman–Crippen MR) is 102 cm³/mol. The van der Waals surface area contributed by atoms with E-state index in [-0.39, 0.29) is 11.4 Å². The monoisotopic (exact) mass is 392 g/mol. The maximum Gasteiger partial charge on any atom is 0.169 e. The molecule has 2 aromatic rings. The van der Waals surface area contributed by atoms with Gasteiger partial charge in [-0.1, -0.05) is 31.2 Å². The third kappa shape index (κ3) is 3.04. The molecule has 0 spiro atoms. The van der Waals surface area contributed by atoms with Gasteiger partial charge in [-0.2, -0.15) is 0 Å². The molecule has 4 nitrogen and oxygen atoms in total. The minimum Gasteiger partial charge on any atom is -0.386 e. The van der Waals surface area contributed by atoms with E-state index in [9.17, 15) is 17.2 Å². The summed E-state index contributed by atoms with van der Waals surface area (Å²) in [6.07, 6.45) is 0.743. The molecular weight excluding hydrogens is 370 g/mol. The van der Waals surface area contributed by atoms with Crippen molar-refractivity contribution < 1.29 is 17.2 Å². The second kappa shape index (κ2) is 6.41. The number of nitrogens with two attached hydrogens (primary N) is 1. The second-order valence-electron chi connectivity index (χ2n) is 7.24. The van der Waals surface area contributed by atoms with Gasteiger partial charge >= 0.3 is 0 Å². The van der Waals surface area contributed by atoms with Crippen molar-refractivity contribution in [2.24, 2.45) is 10.7 Å². The van der Waals surface area contributed by atoms with Crippen LogP contribution in [0, 0.1) is 11.6 Å². The van der Waals surface area contributed by atoms with Crippen LogP contribution in [-0.2, 0) is 26.5 Å². The van der Waals surface area contributed by atoms with E-state index in [1.54, 1.807) is 18.2 Å². The van der Waals surface area contributed by atoms with Crippen LogP contribution in [0.1, 0.15) is 37.5 Å². The van der Waals surface area contributed by atoms with Gasteiger partial charge in [0.25, 0.3) is 0 Å². The predicted octanol–water partition coefficient (Wildman–Crippen LogP) is 3.44. The lowest BCUT2D eigenvalue weighted by Crippen LogP contribution is -2.54. The van der Waals surface area contributed by atoms with Gasteiger partial charge in [-0.25, -0.2) is 17.2 Å². The minimum atomic E-state index is -3.88. The van der Waals surface area contributed by atoms with Crippen molar-refractivity contribution in [2.45, 2.75) is 37.5 Å². The third-order valence-corrected chi connectivity index (χ3v) is 7.97. The Morgan fingerprint density at radius 2 is 1.85 bits per heavy atom. The molecule has 0 radical (unpaired) electrons. The summed E-state index contributed by atoms with van der Waals surface area (Å²) < 4.78 is 53.1. The molecule has 7 heteroatoms. The Hall–Kier alpha value is -2.28. The number of aryl methyl sites for hydroxylation is 1. The van der Waals surface area contributed by atoms with Crippen molar-refractivity contribution in [3.8, 4) is 0 Å². The molecule has 0 amide bonds. The fraction of sp³-hybridized carbons (Fsp3) is 0.350. The molecule has 1 heterocycles. The van der Waals surface area contributed by atoms with Crippen molar-refractivity contribution in [3.05, 3.63) is 70.8 Å². The van der Waals surface area contributed by atoms with E-state index in [4.69, 9.17) is 5.73 Å². The van der Waals surface area contributed by atoms with Gasteiger partial charge in [-0.3, -0.25) is 4.99 Å². The summed E-state index contributed by atoms with van der Waals surface area (Å²) in [5.41, 5.74) is 6.03. The van der Waals surface area contributed by atoms with Crippen LogP contribution in [0.2, 0.25) is 0 Å². The summed E-state index contributed by atoms with van der Waals surface area (Å²) in [5, 5.41) is 0. The topological polar surface area (TPSA) is 72.5 Å².